The molecule has 1 N–H and O–H groups in total. The maximum atomic E-state index is 14.0. The molecule has 32 heavy (non-hydrogen) atoms. The molecule has 1 saturated heterocycles. The normalized spacial score (nSPS) is 16.4. The molecule has 10 heteroatoms. The second kappa shape index (κ2) is 11.0. The van der Waals surface area contributed by atoms with Crippen LogP contribution in [0.5, 0.6) is 0 Å². The fourth-order valence-electron chi connectivity index (χ4n) is 3.37. The lowest BCUT2D eigenvalue weighted by molar-refractivity contribution is -0.118. The van der Waals surface area contributed by atoms with Gasteiger partial charge in [-0.05, 0) is 25.0 Å². The van der Waals surface area contributed by atoms with Crippen molar-refractivity contribution in [2.45, 2.75) is 32.0 Å². The van der Waals surface area contributed by atoms with E-state index in [2.05, 4.69) is 15.3 Å². The lowest BCUT2D eigenvalue weighted by Gasteiger charge is -2.40. The van der Waals surface area contributed by atoms with Crippen LogP contribution in [0.15, 0.2) is 35.5 Å². The van der Waals surface area contributed by atoms with Gasteiger partial charge in [-0.15, -0.1) is 0 Å². The SMILES string of the molecule is CC(C)CNC(=O)CSc1nc(Cl)cc(N2CCN(C(=O)c3ccccc3F)C(C)C2)n1. The number of rotatable bonds is 7. The van der Waals surface area contributed by atoms with E-state index in [4.69, 9.17) is 11.6 Å². The summed E-state index contributed by atoms with van der Waals surface area (Å²) in [6.07, 6.45) is 0. The standard InChI is InChI=1S/C22H27ClFN5O2S/c1-14(2)11-25-20(30)13-32-22-26-18(23)10-19(27-22)28-8-9-29(15(3)12-28)21(31)16-6-4-5-7-17(16)24/h4-7,10,14-15H,8-9,11-13H2,1-3H3,(H,25,30). The van der Waals surface area contributed by atoms with Crippen LogP contribution in [0.25, 0.3) is 0 Å². The molecule has 1 unspecified atom stereocenters. The van der Waals surface area contributed by atoms with Gasteiger partial charge in [0.25, 0.3) is 5.91 Å². The summed E-state index contributed by atoms with van der Waals surface area (Å²) in [6.45, 7) is 8.07. The Bertz CT molecular complexity index is 977. The molecular formula is C22H27ClFN5O2S. The molecule has 2 aromatic rings. The second-order valence-corrected chi connectivity index (χ2v) is 9.42. The van der Waals surface area contributed by atoms with E-state index in [1.165, 1.54) is 23.9 Å². The molecule has 2 heterocycles. The molecule has 1 aromatic carbocycles. The zero-order chi connectivity index (χ0) is 23.3. The number of piperazine rings is 1. The molecule has 172 valence electrons. The predicted molar refractivity (Wildman–Crippen MR) is 125 cm³/mol. The van der Waals surface area contributed by atoms with Crippen molar-refractivity contribution in [3.05, 3.63) is 46.9 Å². The minimum absolute atomic E-state index is 0.0762. The summed E-state index contributed by atoms with van der Waals surface area (Å²) >= 11 is 7.43. The molecule has 7 nitrogen and oxygen atoms in total. The van der Waals surface area contributed by atoms with Crippen LogP contribution in [0.3, 0.4) is 0 Å². The van der Waals surface area contributed by atoms with Crippen molar-refractivity contribution < 1.29 is 14.0 Å². The van der Waals surface area contributed by atoms with Gasteiger partial charge in [0, 0.05) is 38.3 Å². The van der Waals surface area contributed by atoms with Crippen molar-refractivity contribution in [1.82, 2.24) is 20.2 Å². The van der Waals surface area contributed by atoms with E-state index in [1.54, 1.807) is 23.1 Å². The van der Waals surface area contributed by atoms with E-state index in [0.717, 1.165) is 0 Å². The Morgan fingerprint density at radius 2 is 2.03 bits per heavy atom. The maximum absolute atomic E-state index is 14.0. The van der Waals surface area contributed by atoms with Gasteiger partial charge in [-0.1, -0.05) is 49.3 Å². The number of amides is 2. The summed E-state index contributed by atoms with van der Waals surface area (Å²) in [5, 5.41) is 3.57. The van der Waals surface area contributed by atoms with Gasteiger partial charge in [0.1, 0.15) is 16.8 Å². The zero-order valence-corrected chi connectivity index (χ0v) is 19.9. The first kappa shape index (κ1) is 24.3. The number of thioether (sulfide) groups is 1. The number of aromatic nitrogens is 2. The minimum Gasteiger partial charge on any atom is -0.355 e. The molecule has 0 saturated carbocycles. The van der Waals surface area contributed by atoms with Gasteiger partial charge in [-0.2, -0.15) is 0 Å². The van der Waals surface area contributed by atoms with Crippen LogP contribution in [0.1, 0.15) is 31.1 Å². The highest BCUT2D eigenvalue weighted by atomic mass is 35.5. The van der Waals surface area contributed by atoms with Crippen molar-refractivity contribution in [2.75, 3.05) is 36.8 Å². The van der Waals surface area contributed by atoms with Crippen LogP contribution in [0.2, 0.25) is 5.15 Å². The Balaban J connectivity index is 1.63. The Morgan fingerprint density at radius 3 is 2.72 bits per heavy atom. The third-order valence-corrected chi connectivity index (χ3v) is 6.06. The van der Waals surface area contributed by atoms with Crippen molar-refractivity contribution >= 4 is 41.0 Å². The van der Waals surface area contributed by atoms with Crippen LogP contribution in [0.4, 0.5) is 10.2 Å². The first-order valence-electron chi connectivity index (χ1n) is 10.5. The summed E-state index contributed by atoms with van der Waals surface area (Å²) in [5.74, 6) is 0.299. The number of nitrogens with one attached hydrogen (secondary N) is 1. The van der Waals surface area contributed by atoms with E-state index >= 15 is 0 Å². The molecule has 0 radical (unpaired) electrons. The van der Waals surface area contributed by atoms with Gasteiger partial charge in [-0.3, -0.25) is 9.59 Å². The highest BCUT2D eigenvalue weighted by molar-refractivity contribution is 7.99. The van der Waals surface area contributed by atoms with E-state index in [0.29, 0.717) is 43.1 Å². The Morgan fingerprint density at radius 1 is 1.28 bits per heavy atom. The maximum Gasteiger partial charge on any atom is 0.257 e. The Kier molecular flexibility index (Phi) is 8.31. The number of benzene rings is 1. The van der Waals surface area contributed by atoms with Gasteiger partial charge in [-0.25, -0.2) is 14.4 Å². The minimum atomic E-state index is -0.520. The second-order valence-electron chi connectivity index (χ2n) is 8.09. The van der Waals surface area contributed by atoms with Gasteiger partial charge in [0.2, 0.25) is 5.91 Å². The molecule has 0 spiro atoms. The quantitative estimate of drug-likeness (QED) is 0.372. The number of carbonyl (C=O) groups excluding carboxylic acids is 2. The van der Waals surface area contributed by atoms with Crippen molar-refractivity contribution in [2.24, 2.45) is 5.92 Å². The molecular weight excluding hydrogens is 453 g/mol. The number of hydrogen-bond acceptors (Lipinski definition) is 6. The lowest BCUT2D eigenvalue weighted by atomic mass is 10.1. The summed E-state index contributed by atoms with van der Waals surface area (Å²) in [4.78, 5) is 37.2. The number of hydrogen-bond donors (Lipinski definition) is 1. The van der Waals surface area contributed by atoms with Gasteiger partial charge in [0.15, 0.2) is 5.16 Å². The molecule has 1 atom stereocenters. The molecule has 0 bridgehead atoms. The van der Waals surface area contributed by atoms with E-state index in [9.17, 15) is 14.0 Å². The monoisotopic (exact) mass is 479 g/mol. The van der Waals surface area contributed by atoms with Crippen LogP contribution < -0.4 is 10.2 Å². The van der Waals surface area contributed by atoms with Crippen LogP contribution >= 0.6 is 23.4 Å². The van der Waals surface area contributed by atoms with Crippen LogP contribution in [-0.4, -0.2) is 64.7 Å². The summed E-state index contributed by atoms with van der Waals surface area (Å²) in [7, 11) is 0. The van der Waals surface area contributed by atoms with Crippen molar-refractivity contribution in [1.29, 1.82) is 0 Å². The molecule has 2 amide bonds. The van der Waals surface area contributed by atoms with E-state index in [-0.39, 0.29) is 34.3 Å². The fourth-order valence-corrected chi connectivity index (χ4v) is 4.28. The fraction of sp³-hybridized carbons (Fsp3) is 0.455. The molecule has 0 aliphatic carbocycles. The van der Waals surface area contributed by atoms with Gasteiger partial charge >= 0.3 is 0 Å². The third kappa shape index (κ3) is 6.32. The van der Waals surface area contributed by atoms with E-state index < -0.39 is 5.82 Å². The van der Waals surface area contributed by atoms with Crippen molar-refractivity contribution in [3.63, 3.8) is 0 Å². The Hall–Kier alpha value is -2.39. The first-order valence-corrected chi connectivity index (χ1v) is 11.9. The molecule has 1 aromatic heterocycles. The van der Waals surface area contributed by atoms with E-state index in [1.807, 2.05) is 25.7 Å². The predicted octanol–water partition coefficient (Wildman–Crippen LogP) is 3.48. The summed E-state index contributed by atoms with van der Waals surface area (Å²) in [6, 6.07) is 7.53. The number of halogens is 2. The molecule has 3 rings (SSSR count). The number of carbonyl (C=O) groups is 2. The molecule has 1 fully saturated rings. The third-order valence-electron chi connectivity index (χ3n) is 5.02. The van der Waals surface area contributed by atoms with Crippen molar-refractivity contribution in [3.8, 4) is 0 Å². The zero-order valence-electron chi connectivity index (χ0n) is 18.3. The number of nitrogens with zero attached hydrogens (tertiary/aromatic N) is 4. The summed E-state index contributed by atoms with van der Waals surface area (Å²) in [5.41, 5.74) is 0.0762. The lowest BCUT2D eigenvalue weighted by Crippen LogP contribution is -2.54. The highest BCUT2D eigenvalue weighted by Gasteiger charge is 2.30. The highest BCUT2D eigenvalue weighted by Crippen LogP contribution is 2.25. The first-order chi connectivity index (χ1) is 15.2. The largest absolute Gasteiger partial charge is 0.355 e. The van der Waals surface area contributed by atoms with Gasteiger partial charge in [0.05, 0.1) is 11.3 Å². The summed E-state index contributed by atoms with van der Waals surface area (Å²) < 4.78 is 14.0. The average Bonchev–Trinajstić information content (AvgIpc) is 2.75. The van der Waals surface area contributed by atoms with Crippen LogP contribution in [-0.2, 0) is 4.79 Å². The van der Waals surface area contributed by atoms with Gasteiger partial charge < -0.3 is 15.1 Å². The average molecular weight is 480 g/mol. The topological polar surface area (TPSA) is 78.4 Å². The Labute approximate surface area is 196 Å². The molecule has 1 aliphatic rings. The van der Waals surface area contributed by atoms with Crippen LogP contribution in [0, 0.1) is 11.7 Å². The smallest absolute Gasteiger partial charge is 0.257 e. The molecule has 1 aliphatic heterocycles. The number of anilines is 1.